The molecule has 0 saturated carbocycles. The molecule has 2 rings (SSSR count). The molecular weight excluding hydrogens is 340 g/mol. The van der Waals surface area contributed by atoms with Gasteiger partial charge in [0, 0.05) is 25.3 Å². The number of rotatable bonds is 7. The predicted molar refractivity (Wildman–Crippen MR) is 99.6 cm³/mol. The molecule has 1 amide bonds. The van der Waals surface area contributed by atoms with E-state index in [2.05, 4.69) is 5.32 Å². The summed E-state index contributed by atoms with van der Waals surface area (Å²) in [5.74, 6) is -0.0289. The lowest BCUT2D eigenvalue weighted by atomic mass is 10.1. The topological polar surface area (TPSA) is 75.7 Å². The number of carbonyl (C=O) groups is 1. The van der Waals surface area contributed by atoms with Crippen molar-refractivity contribution in [1.29, 1.82) is 0 Å². The number of nitrogens with one attached hydrogen (secondary N) is 1. The summed E-state index contributed by atoms with van der Waals surface area (Å²) in [4.78, 5) is 12.3. The Bertz CT molecular complexity index is 701. The molecule has 0 aromatic heterocycles. The first-order valence-corrected chi connectivity index (χ1v) is 10.4. The van der Waals surface area contributed by atoms with Crippen LogP contribution in [0.1, 0.15) is 49.0 Å². The van der Waals surface area contributed by atoms with Crippen LogP contribution < -0.4 is 9.62 Å². The van der Waals surface area contributed by atoms with Crippen molar-refractivity contribution in [3.63, 3.8) is 0 Å². The van der Waals surface area contributed by atoms with Crippen LogP contribution in [-0.2, 0) is 14.8 Å². The molecule has 0 atom stereocenters. The van der Waals surface area contributed by atoms with Crippen molar-refractivity contribution in [3.05, 3.63) is 29.3 Å². The third kappa shape index (κ3) is 5.44. The van der Waals surface area contributed by atoms with E-state index in [1.165, 1.54) is 4.31 Å². The maximum Gasteiger partial charge on any atom is 0.251 e. The lowest BCUT2D eigenvalue weighted by molar-refractivity contribution is 0.0757. The van der Waals surface area contributed by atoms with Crippen molar-refractivity contribution in [2.45, 2.75) is 46.1 Å². The maximum absolute atomic E-state index is 12.3. The minimum atomic E-state index is -3.29. The number of aryl methyl sites for hydroxylation is 1. The Kier molecular flexibility index (Phi) is 6.84. The van der Waals surface area contributed by atoms with Crippen LogP contribution in [-0.4, -0.2) is 45.9 Å². The Hall–Kier alpha value is -1.60. The summed E-state index contributed by atoms with van der Waals surface area (Å²) in [6.07, 6.45) is 2.45. The number of sulfonamides is 1. The standard InChI is InChI=1S/C18H28N2O4S/c1-14(2)24-11-6-9-19-18(21)16-8-7-15(3)17(13-16)20-10-4-5-12-25(20,22)23/h7-8,13-14H,4-6,9-12H2,1-3H3,(H,19,21). The van der Waals surface area contributed by atoms with Gasteiger partial charge in [0.05, 0.1) is 17.5 Å². The summed E-state index contributed by atoms with van der Waals surface area (Å²) in [5.41, 5.74) is 1.94. The molecule has 6 nitrogen and oxygen atoms in total. The number of ether oxygens (including phenoxy) is 1. The predicted octanol–water partition coefficient (Wildman–Crippen LogP) is 2.47. The molecule has 1 aliphatic rings. The van der Waals surface area contributed by atoms with Crippen LogP contribution in [0.25, 0.3) is 0 Å². The molecule has 0 aliphatic carbocycles. The largest absolute Gasteiger partial charge is 0.379 e. The van der Waals surface area contributed by atoms with Gasteiger partial charge in [0.1, 0.15) is 0 Å². The zero-order chi connectivity index (χ0) is 18.4. The molecule has 25 heavy (non-hydrogen) atoms. The second-order valence-corrected chi connectivity index (χ2v) is 8.64. The van der Waals surface area contributed by atoms with Gasteiger partial charge < -0.3 is 10.1 Å². The third-order valence-electron chi connectivity index (χ3n) is 4.15. The number of carbonyl (C=O) groups excluding carboxylic acids is 1. The minimum absolute atomic E-state index is 0.165. The first-order valence-electron chi connectivity index (χ1n) is 8.82. The molecule has 0 bridgehead atoms. The molecule has 7 heteroatoms. The fourth-order valence-electron chi connectivity index (χ4n) is 2.77. The van der Waals surface area contributed by atoms with E-state index in [9.17, 15) is 13.2 Å². The quantitative estimate of drug-likeness (QED) is 0.750. The molecule has 140 valence electrons. The summed E-state index contributed by atoms with van der Waals surface area (Å²) in [6.45, 7) is 7.41. The summed E-state index contributed by atoms with van der Waals surface area (Å²) in [6, 6.07) is 5.21. The van der Waals surface area contributed by atoms with Gasteiger partial charge in [-0.2, -0.15) is 0 Å². The molecule has 0 unspecified atom stereocenters. The average Bonchev–Trinajstić information content (AvgIpc) is 2.54. The zero-order valence-corrected chi connectivity index (χ0v) is 16.1. The van der Waals surface area contributed by atoms with Gasteiger partial charge >= 0.3 is 0 Å². The molecule has 1 aromatic carbocycles. The van der Waals surface area contributed by atoms with E-state index in [-0.39, 0.29) is 17.8 Å². The smallest absolute Gasteiger partial charge is 0.251 e. The lowest BCUT2D eigenvalue weighted by Crippen LogP contribution is -2.38. The number of amides is 1. The van der Waals surface area contributed by atoms with Gasteiger partial charge in [-0.05, 0) is 57.7 Å². The Balaban J connectivity index is 2.04. The molecule has 1 N–H and O–H groups in total. The first kappa shape index (κ1) is 19.7. The summed E-state index contributed by atoms with van der Waals surface area (Å²) in [7, 11) is -3.29. The van der Waals surface area contributed by atoms with E-state index >= 15 is 0 Å². The summed E-state index contributed by atoms with van der Waals surface area (Å²) >= 11 is 0. The van der Waals surface area contributed by atoms with Crippen molar-refractivity contribution in [3.8, 4) is 0 Å². The van der Waals surface area contributed by atoms with Gasteiger partial charge in [-0.3, -0.25) is 9.10 Å². The van der Waals surface area contributed by atoms with Gasteiger partial charge in [-0.15, -0.1) is 0 Å². The lowest BCUT2D eigenvalue weighted by Gasteiger charge is -2.29. The van der Waals surface area contributed by atoms with Gasteiger partial charge in [-0.1, -0.05) is 6.07 Å². The first-order chi connectivity index (χ1) is 11.8. The summed E-state index contributed by atoms with van der Waals surface area (Å²) < 4.78 is 31.5. The fourth-order valence-corrected chi connectivity index (χ4v) is 4.47. The van der Waals surface area contributed by atoms with Crippen LogP contribution >= 0.6 is 0 Å². The number of nitrogens with zero attached hydrogens (tertiary/aromatic N) is 1. The van der Waals surface area contributed by atoms with Crippen LogP contribution in [0.4, 0.5) is 5.69 Å². The number of hydrogen-bond donors (Lipinski definition) is 1. The van der Waals surface area contributed by atoms with Crippen molar-refractivity contribution < 1.29 is 17.9 Å². The van der Waals surface area contributed by atoms with E-state index in [0.29, 0.717) is 37.4 Å². The van der Waals surface area contributed by atoms with E-state index in [1.54, 1.807) is 18.2 Å². The van der Waals surface area contributed by atoms with Crippen LogP contribution in [0.3, 0.4) is 0 Å². The van der Waals surface area contributed by atoms with Crippen molar-refractivity contribution >= 4 is 21.6 Å². The monoisotopic (exact) mass is 368 g/mol. The molecule has 1 aliphatic heterocycles. The SMILES string of the molecule is Cc1ccc(C(=O)NCCCOC(C)C)cc1N1CCCCS1(=O)=O. The van der Waals surface area contributed by atoms with E-state index in [0.717, 1.165) is 18.4 Å². The Morgan fingerprint density at radius 3 is 2.76 bits per heavy atom. The van der Waals surface area contributed by atoms with Crippen molar-refractivity contribution in [2.75, 3.05) is 29.8 Å². The maximum atomic E-state index is 12.3. The van der Waals surface area contributed by atoms with Gasteiger partial charge in [0.15, 0.2) is 0 Å². The molecule has 1 saturated heterocycles. The normalized spacial score (nSPS) is 16.9. The molecule has 1 heterocycles. The van der Waals surface area contributed by atoms with Crippen LogP contribution in [0.5, 0.6) is 0 Å². The summed E-state index contributed by atoms with van der Waals surface area (Å²) in [5, 5.41) is 2.86. The van der Waals surface area contributed by atoms with Gasteiger partial charge in [0.2, 0.25) is 10.0 Å². The Labute approximate surface area is 150 Å². The van der Waals surface area contributed by atoms with E-state index in [1.807, 2.05) is 20.8 Å². The number of hydrogen-bond acceptors (Lipinski definition) is 4. The zero-order valence-electron chi connectivity index (χ0n) is 15.2. The Morgan fingerprint density at radius 1 is 1.32 bits per heavy atom. The molecule has 0 spiro atoms. The highest BCUT2D eigenvalue weighted by Gasteiger charge is 2.27. The second-order valence-electron chi connectivity index (χ2n) is 6.63. The fraction of sp³-hybridized carbons (Fsp3) is 0.611. The van der Waals surface area contributed by atoms with Gasteiger partial charge in [-0.25, -0.2) is 8.42 Å². The minimum Gasteiger partial charge on any atom is -0.379 e. The van der Waals surface area contributed by atoms with E-state index < -0.39 is 10.0 Å². The Morgan fingerprint density at radius 2 is 2.08 bits per heavy atom. The van der Waals surface area contributed by atoms with Crippen LogP contribution in [0.2, 0.25) is 0 Å². The number of anilines is 1. The second kappa shape index (κ2) is 8.67. The van der Waals surface area contributed by atoms with E-state index in [4.69, 9.17) is 4.74 Å². The molecule has 1 fully saturated rings. The highest BCUT2D eigenvalue weighted by atomic mass is 32.2. The molecule has 1 aromatic rings. The molecule has 0 radical (unpaired) electrons. The van der Waals surface area contributed by atoms with Crippen molar-refractivity contribution in [2.24, 2.45) is 0 Å². The van der Waals surface area contributed by atoms with Crippen molar-refractivity contribution in [1.82, 2.24) is 5.32 Å². The average molecular weight is 368 g/mol. The van der Waals surface area contributed by atoms with Gasteiger partial charge in [0.25, 0.3) is 5.91 Å². The number of benzene rings is 1. The third-order valence-corrected chi connectivity index (χ3v) is 6.00. The molecular formula is C18H28N2O4S. The van der Waals surface area contributed by atoms with Crippen LogP contribution in [0.15, 0.2) is 18.2 Å². The highest BCUT2D eigenvalue weighted by molar-refractivity contribution is 7.92. The van der Waals surface area contributed by atoms with Crippen LogP contribution in [0, 0.1) is 6.92 Å². The highest BCUT2D eigenvalue weighted by Crippen LogP contribution is 2.27.